The van der Waals surface area contributed by atoms with E-state index < -0.39 is 11.9 Å². The van der Waals surface area contributed by atoms with Gasteiger partial charge in [0.1, 0.15) is 17.2 Å². The van der Waals surface area contributed by atoms with Gasteiger partial charge in [0, 0.05) is 6.07 Å². The number of phenols is 2. The van der Waals surface area contributed by atoms with E-state index >= 15 is 0 Å². The summed E-state index contributed by atoms with van der Waals surface area (Å²) in [5.74, 6) is -1.41. The van der Waals surface area contributed by atoms with Crippen LogP contribution in [0.25, 0.3) is 0 Å². The molecule has 3 N–H and O–H groups in total. The monoisotopic (exact) mass is 288 g/mol. The zero-order valence-corrected chi connectivity index (χ0v) is 11.5. The molecule has 0 aliphatic carbocycles. The molecular weight excluding hydrogens is 272 g/mol. The maximum atomic E-state index is 11.5. The number of rotatable bonds is 5. The average molecular weight is 288 g/mol. The van der Waals surface area contributed by atoms with Gasteiger partial charge in [0.15, 0.2) is 0 Å². The second-order valence-electron chi connectivity index (χ2n) is 4.68. The van der Waals surface area contributed by atoms with Crippen molar-refractivity contribution in [3.05, 3.63) is 53.6 Å². The quantitative estimate of drug-likeness (QED) is 0.787. The molecule has 2 rings (SSSR count). The Morgan fingerprint density at radius 3 is 2.57 bits per heavy atom. The minimum Gasteiger partial charge on any atom is -0.508 e. The molecule has 1 atom stereocenters. The van der Waals surface area contributed by atoms with Gasteiger partial charge >= 0.3 is 5.97 Å². The second-order valence-corrected chi connectivity index (χ2v) is 4.68. The van der Waals surface area contributed by atoms with Crippen molar-refractivity contribution in [1.29, 1.82) is 0 Å². The normalized spacial score (nSPS) is 11.9. The highest BCUT2D eigenvalue weighted by Gasteiger charge is 2.22. The Morgan fingerprint density at radius 1 is 1.19 bits per heavy atom. The van der Waals surface area contributed by atoms with Crippen molar-refractivity contribution in [1.82, 2.24) is 0 Å². The number of aromatic hydroxyl groups is 2. The van der Waals surface area contributed by atoms with E-state index in [4.69, 9.17) is 4.74 Å². The standard InChI is InChI=1S/C16H16O5/c1-21-13-4-2-3-10(7-13)14(16(19)20)8-11-5-6-12(17)9-15(11)18/h2-7,9,14,17-18H,8H2,1H3,(H,19,20). The lowest BCUT2D eigenvalue weighted by Gasteiger charge is -2.15. The van der Waals surface area contributed by atoms with Crippen molar-refractivity contribution < 1.29 is 24.9 Å². The number of carbonyl (C=O) groups is 1. The summed E-state index contributed by atoms with van der Waals surface area (Å²) in [6.45, 7) is 0. The summed E-state index contributed by atoms with van der Waals surface area (Å²) in [6.07, 6.45) is 0.120. The van der Waals surface area contributed by atoms with E-state index in [1.807, 2.05) is 0 Å². The van der Waals surface area contributed by atoms with Crippen LogP contribution in [-0.2, 0) is 11.2 Å². The number of carboxylic acids is 1. The Hall–Kier alpha value is -2.69. The first kappa shape index (κ1) is 14.7. The van der Waals surface area contributed by atoms with Crippen LogP contribution < -0.4 is 4.74 Å². The van der Waals surface area contributed by atoms with E-state index in [2.05, 4.69) is 0 Å². The fourth-order valence-corrected chi connectivity index (χ4v) is 2.15. The highest BCUT2D eigenvalue weighted by Crippen LogP contribution is 2.30. The zero-order chi connectivity index (χ0) is 15.4. The van der Waals surface area contributed by atoms with Gasteiger partial charge in [-0.2, -0.15) is 0 Å². The van der Waals surface area contributed by atoms with Crippen LogP contribution in [0.3, 0.4) is 0 Å². The molecule has 5 nitrogen and oxygen atoms in total. The zero-order valence-electron chi connectivity index (χ0n) is 11.5. The highest BCUT2D eigenvalue weighted by molar-refractivity contribution is 5.77. The maximum absolute atomic E-state index is 11.5. The molecule has 0 amide bonds. The van der Waals surface area contributed by atoms with Gasteiger partial charge in [-0.15, -0.1) is 0 Å². The van der Waals surface area contributed by atoms with E-state index in [1.165, 1.54) is 25.3 Å². The van der Waals surface area contributed by atoms with Crippen LogP contribution in [0.2, 0.25) is 0 Å². The first-order chi connectivity index (χ1) is 10.0. The smallest absolute Gasteiger partial charge is 0.311 e. The van der Waals surface area contributed by atoms with E-state index in [0.717, 1.165) is 0 Å². The van der Waals surface area contributed by atoms with Gasteiger partial charge in [0.25, 0.3) is 0 Å². The summed E-state index contributed by atoms with van der Waals surface area (Å²) in [5.41, 5.74) is 1.05. The van der Waals surface area contributed by atoms with Crippen molar-refractivity contribution >= 4 is 5.97 Å². The van der Waals surface area contributed by atoms with Crippen molar-refractivity contribution in [3.8, 4) is 17.2 Å². The van der Waals surface area contributed by atoms with Crippen molar-refractivity contribution in [2.24, 2.45) is 0 Å². The molecule has 0 fully saturated rings. The molecule has 21 heavy (non-hydrogen) atoms. The van der Waals surface area contributed by atoms with Crippen LogP contribution in [0.4, 0.5) is 0 Å². The predicted molar refractivity (Wildman–Crippen MR) is 76.8 cm³/mol. The molecule has 0 saturated heterocycles. The Morgan fingerprint density at radius 2 is 1.95 bits per heavy atom. The number of methoxy groups -OCH3 is 1. The number of hydrogen-bond acceptors (Lipinski definition) is 4. The third-order valence-electron chi connectivity index (χ3n) is 3.29. The van der Waals surface area contributed by atoms with E-state index in [-0.39, 0.29) is 17.9 Å². The van der Waals surface area contributed by atoms with Crippen LogP contribution in [0.15, 0.2) is 42.5 Å². The average Bonchev–Trinajstić information content (AvgIpc) is 2.46. The molecule has 0 aliphatic heterocycles. The lowest BCUT2D eigenvalue weighted by atomic mass is 9.91. The van der Waals surface area contributed by atoms with Crippen molar-refractivity contribution in [2.45, 2.75) is 12.3 Å². The van der Waals surface area contributed by atoms with Crippen molar-refractivity contribution in [2.75, 3.05) is 7.11 Å². The first-order valence-electron chi connectivity index (χ1n) is 6.39. The fourth-order valence-electron chi connectivity index (χ4n) is 2.15. The number of aliphatic carboxylic acids is 1. The molecular formula is C16H16O5. The van der Waals surface area contributed by atoms with Crippen LogP contribution in [0.1, 0.15) is 17.0 Å². The number of phenolic OH excluding ortho intramolecular Hbond substituents is 2. The first-order valence-corrected chi connectivity index (χ1v) is 6.39. The third kappa shape index (κ3) is 3.45. The molecule has 5 heteroatoms. The summed E-state index contributed by atoms with van der Waals surface area (Å²) in [6, 6.07) is 11.0. The highest BCUT2D eigenvalue weighted by atomic mass is 16.5. The van der Waals surface area contributed by atoms with Gasteiger partial charge in [-0.25, -0.2) is 0 Å². The van der Waals surface area contributed by atoms with Crippen LogP contribution in [-0.4, -0.2) is 28.4 Å². The Bertz CT molecular complexity index is 651. The third-order valence-corrected chi connectivity index (χ3v) is 3.29. The van der Waals surface area contributed by atoms with Crippen LogP contribution in [0, 0.1) is 0 Å². The molecule has 0 radical (unpaired) electrons. The largest absolute Gasteiger partial charge is 0.508 e. The van der Waals surface area contributed by atoms with Gasteiger partial charge in [0.05, 0.1) is 13.0 Å². The number of hydrogen-bond donors (Lipinski definition) is 3. The Balaban J connectivity index is 2.33. The van der Waals surface area contributed by atoms with E-state index in [0.29, 0.717) is 16.9 Å². The number of benzene rings is 2. The summed E-state index contributed by atoms with van der Waals surface area (Å²) >= 11 is 0. The Labute approximate surface area is 122 Å². The van der Waals surface area contributed by atoms with E-state index in [9.17, 15) is 20.1 Å². The number of carboxylic acid groups (broad SMARTS) is 1. The molecule has 0 aliphatic rings. The molecule has 0 spiro atoms. The van der Waals surface area contributed by atoms with Gasteiger partial charge in [-0.1, -0.05) is 18.2 Å². The van der Waals surface area contributed by atoms with Gasteiger partial charge in [0.2, 0.25) is 0 Å². The predicted octanol–water partition coefficient (Wildman–Crippen LogP) is 2.52. The van der Waals surface area contributed by atoms with Crippen molar-refractivity contribution in [3.63, 3.8) is 0 Å². The molecule has 1 unspecified atom stereocenters. The molecule has 0 heterocycles. The molecule has 0 saturated carbocycles. The minimum absolute atomic E-state index is 0.0653. The summed E-state index contributed by atoms with van der Waals surface area (Å²) in [7, 11) is 1.51. The molecule has 0 aromatic heterocycles. The molecule has 2 aromatic rings. The summed E-state index contributed by atoms with van der Waals surface area (Å²) < 4.78 is 5.10. The molecule has 110 valence electrons. The van der Waals surface area contributed by atoms with Crippen LogP contribution >= 0.6 is 0 Å². The van der Waals surface area contributed by atoms with E-state index in [1.54, 1.807) is 24.3 Å². The van der Waals surface area contributed by atoms with Gasteiger partial charge in [-0.3, -0.25) is 4.79 Å². The number of ether oxygens (including phenoxy) is 1. The lowest BCUT2D eigenvalue weighted by molar-refractivity contribution is -0.138. The molecule has 2 aromatic carbocycles. The van der Waals surface area contributed by atoms with Crippen LogP contribution in [0.5, 0.6) is 17.2 Å². The summed E-state index contributed by atoms with van der Waals surface area (Å²) in [4.78, 5) is 11.5. The van der Waals surface area contributed by atoms with Gasteiger partial charge < -0.3 is 20.1 Å². The topological polar surface area (TPSA) is 87.0 Å². The maximum Gasteiger partial charge on any atom is 0.311 e. The van der Waals surface area contributed by atoms with Gasteiger partial charge in [-0.05, 0) is 35.7 Å². The second kappa shape index (κ2) is 6.17. The lowest BCUT2D eigenvalue weighted by Crippen LogP contribution is -2.14. The summed E-state index contributed by atoms with van der Waals surface area (Å²) in [5, 5.41) is 28.5. The fraction of sp³-hybridized carbons (Fsp3) is 0.188. The molecule has 0 bridgehead atoms. The Kier molecular flexibility index (Phi) is 4.33. The minimum atomic E-state index is -0.990. The SMILES string of the molecule is COc1cccc(C(Cc2ccc(O)cc2O)C(=O)O)c1.